The zero-order chi connectivity index (χ0) is 16.7. The van der Waals surface area contributed by atoms with Crippen molar-refractivity contribution in [3.05, 3.63) is 41.1 Å². The molecule has 2 aliphatic heterocycles. The van der Waals surface area contributed by atoms with E-state index in [1.807, 2.05) is 24.3 Å². The van der Waals surface area contributed by atoms with Crippen LogP contribution in [0.1, 0.15) is 39.3 Å². The third-order valence-corrected chi connectivity index (χ3v) is 4.58. The smallest absolute Gasteiger partial charge is 0.263 e. The van der Waals surface area contributed by atoms with Gasteiger partial charge >= 0.3 is 0 Å². The van der Waals surface area contributed by atoms with Crippen molar-refractivity contribution in [3.63, 3.8) is 0 Å². The van der Waals surface area contributed by atoms with E-state index in [4.69, 9.17) is 9.47 Å². The molecule has 1 aromatic heterocycles. The van der Waals surface area contributed by atoms with E-state index in [0.717, 1.165) is 12.8 Å². The van der Waals surface area contributed by atoms with Crippen LogP contribution in [0.15, 0.2) is 24.3 Å². The van der Waals surface area contributed by atoms with E-state index in [2.05, 4.69) is 4.98 Å². The topological polar surface area (TPSA) is 68.7 Å². The Morgan fingerprint density at radius 2 is 2.04 bits per heavy atom. The Morgan fingerprint density at radius 1 is 1.25 bits per heavy atom. The zero-order valence-corrected chi connectivity index (χ0v) is 13.4. The number of fused-ring (bicyclic) bond motifs is 3. The van der Waals surface area contributed by atoms with Crippen LogP contribution < -0.4 is 0 Å². The van der Waals surface area contributed by atoms with E-state index in [9.17, 15) is 9.59 Å². The number of pyridine rings is 1. The average Bonchev–Trinajstić information content (AvgIpc) is 3.18. The molecule has 1 fully saturated rings. The van der Waals surface area contributed by atoms with E-state index in [0.29, 0.717) is 40.9 Å². The third kappa shape index (κ3) is 2.30. The molecule has 0 aliphatic carbocycles. The normalized spacial score (nSPS) is 20.2. The zero-order valence-electron chi connectivity index (χ0n) is 13.4. The second-order valence-corrected chi connectivity index (χ2v) is 6.11. The van der Waals surface area contributed by atoms with E-state index in [1.165, 1.54) is 4.90 Å². The third-order valence-electron chi connectivity index (χ3n) is 4.58. The molecule has 4 rings (SSSR count). The maximum atomic E-state index is 12.9. The molecule has 1 aromatic carbocycles. The second kappa shape index (κ2) is 5.96. The Morgan fingerprint density at radius 3 is 2.79 bits per heavy atom. The molecule has 6 nitrogen and oxygen atoms in total. The molecule has 0 bridgehead atoms. The molecule has 3 heterocycles. The molecule has 1 unspecified atom stereocenters. The summed E-state index contributed by atoms with van der Waals surface area (Å²) in [5.41, 5.74) is 2.03. The van der Waals surface area contributed by atoms with Crippen LogP contribution in [-0.2, 0) is 16.1 Å². The number of para-hydroxylation sites is 1. The van der Waals surface area contributed by atoms with Crippen molar-refractivity contribution in [3.8, 4) is 0 Å². The molecule has 2 amide bonds. The van der Waals surface area contributed by atoms with Gasteiger partial charge in [0, 0.05) is 19.1 Å². The van der Waals surface area contributed by atoms with Crippen LogP contribution in [0.3, 0.4) is 0 Å². The molecule has 2 aliphatic rings. The fraction of sp³-hybridized carbons (Fsp3) is 0.389. The first-order chi connectivity index (χ1) is 11.7. The van der Waals surface area contributed by atoms with Gasteiger partial charge in [0.15, 0.2) is 0 Å². The first-order valence-corrected chi connectivity index (χ1v) is 8.09. The summed E-state index contributed by atoms with van der Waals surface area (Å²) in [5.74, 6) is -0.558. The van der Waals surface area contributed by atoms with Crippen LogP contribution in [0.4, 0.5) is 0 Å². The van der Waals surface area contributed by atoms with Gasteiger partial charge in [0.25, 0.3) is 11.8 Å². The number of methoxy groups -OCH3 is 1. The fourth-order valence-corrected chi connectivity index (χ4v) is 3.48. The van der Waals surface area contributed by atoms with Gasteiger partial charge in [-0.25, -0.2) is 4.98 Å². The Labute approximate surface area is 139 Å². The van der Waals surface area contributed by atoms with Gasteiger partial charge < -0.3 is 9.47 Å². The number of aromatic nitrogens is 1. The molecule has 0 N–H and O–H groups in total. The molecule has 0 radical (unpaired) electrons. The highest BCUT2D eigenvalue weighted by molar-refractivity contribution is 6.26. The van der Waals surface area contributed by atoms with Crippen LogP contribution in [0, 0.1) is 0 Å². The van der Waals surface area contributed by atoms with Crippen LogP contribution >= 0.6 is 0 Å². The Balaban J connectivity index is 1.83. The second-order valence-electron chi connectivity index (χ2n) is 6.11. The highest BCUT2D eigenvalue weighted by Gasteiger charge is 2.41. The highest BCUT2D eigenvalue weighted by atomic mass is 16.5. The lowest BCUT2D eigenvalue weighted by atomic mass is 10.0. The maximum absolute atomic E-state index is 12.9. The first kappa shape index (κ1) is 15.2. The van der Waals surface area contributed by atoms with Crippen LogP contribution in [0.2, 0.25) is 0 Å². The van der Waals surface area contributed by atoms with Crippen molar-refractivity contribution in [2.75, 3.05) is 20.3 Å². The lowest BCUT2D eigenvalue weighted by molar-refractivity contribution is 0.0475. The largest absolute Gasteiger partial charge is 0.378 e. The molecule has 1 atom stereocenters. The molecule has 0 saturated carbocycles. The fourth-order valence-electron chi connectivity index (χ4n) is 3.48. The summed E-state index contributed by atoms with van der Waals surface area (Å²) >= 11 is 0. The number of amides is 2. The van der Waals surface area contributed by atoms with E-state index < -0.39 is 0 Å². The number of hydrogen-bond donors (Lipinski definition) is 0. The Bertz CT molecular complexity index is 827. The van der Waals surface area contributed by atoms with Gasteiger partial charge in [-0.2, -0.15) is 0 Å². The Kier molecular flexibility index (Phi) is 3.78. The summed E-state index contributed by atoms with van der Waals surface area (Å²) in [6.07, 6.45) is 1.77. The molecule has 0 spiro atoms. The summed E-state index contributed by atoms with van der Waals surface area (Å²) in [5, 5.41) is 0.709. The van der Waals surface area contributed by atoms with E-state index in [-0.39, 0.29) is 24.5 Å². The summed E-state index contributed by atoms with van der Waals surface area (Å²) in [6.45, 7) is 1.18. The van der Waals surface area contributed by atoms with Crippen LogP contribution in [0.5, 0.6) is 0 Å². The number of ether oxygens (including phenoxy) is 2. The van der Waals surface area contributed by atoms with Gasteiger partial charge in [-0.05, 0) is 18.9 Å². The monoisotopic (exact) mass is 326 g/mol. The number of benzene rings is 1. The van der Waals surface area contributed by atoms with Crippen molar-refractivity contribution >= 4 is 22.7 Å². The highest BCUT2D eigenvalue weighted by Crippen LogP contribution is 2.32. The van der Waals surface area contributed by atoms with Crippen molar-refractivity contribution in [2.24, 2.45) is 0 Å². The number of rotatable bonds is 4. The minimum atomic E-state index is -0.296. The van der Waals surface area contributed by atoms with Gasteiger partial charge in [0.05, 0.1) is 41.6 Å². The number of imide groups is 1. The Hall–Kier alpha value is -2.31. The minimum Gasteiger partial charge on any atom is -0.378 e. The van der Waals surface area contributed by atoms with E-state index >= 15 is 0 Å². The standard InChI is InChI=1S/C18H18N2O4/c1-23-10-14-16-15(12-6-2-3-7-13(12)19-14)17(21)20(18(16)22)9-11-5-4-8-24-11/h2-3,6-7,11H,4-5,8-10H2,1H3. The van der Waals surface area contributed by atoms with Crippen molar-refractivity contribution in [2.45, 2.75) is 25.6 Å². The SMILES string of the molecule is COCc1nc2ccccc2c2c1C(=O)N(CC1CCCO1)C2=O. The number of hydrogen-bond acceptors (Lipinski definition) is 5. The molecule has 1 saturated heterocycles. The quantitative estimate of drug-likeness (QED) is 0.805. The van der Waals surface area contributed by atoms with Crippen molar-refractivity contribution in [1.29, 1.82) is 0 Å². The van der Waals surface area contributed by atoms with E-state index in [1.54, 1.807) is 7.11 Å². The number of nitrogens with zero attached hydrogens (tertiary/aromatic N) is 2. The average molecular weight is 326 g/mol. The molecule has 6 heteroatoms. The van der Waals surface area contributed by atoms with Gasteiger partial charge in [0.1, 0.15) is 0 Å². The predicted molar refractivity (Wildman–Crippen MR) is 86.8 cm³/mol. The molecule has 2 aromatic rings. The number of carbonyl (C=O) groups excluding carboxylic acids is 2. The van der Waals surface area contributed by atoms with Gasteiger partial charge in [-0.3, -0.25) is 14.5 Å². The predicted octanol–water partition coefficient (Wildman–Crippen LogP) is 2.16. The van der Waals surface area contributed by atoms with Crippen molar-refractivity contribution < 1.29 is 19.1 Å². The summed E-state index contributed by atoms with van der Waals surface area (Å²) < 4.78 is 10.8. The molecular weight excluding hydrogens is 308 g/mol. The van der Waals surface area contributed by atoms with Gasteiger partial charge in [-0.1, -0.05) is 18.2 Å². The molecular formula is C18H18N2O4. The first-order valence-electron chi connectivity index (χ1n) is 8.09. The van der Waals surface area contributed by atoms with Gasteiger partial charge in [-0.15, -0.1) is 0 Å². The summed E-state index contributed by atoms with van der Waals surface area (Å²) in [4.78, 5) is 31.7. The molecule has 124 valence electrons. The lowest BCUT2D eigenvalue weighted by Gasteiger charge is -2.18. The molecule has 24 heavy (non-hydrogen) atoms. The number of carbonyl (C=O) groups is 2. The van der Waals surface area contributed by atoms with Crippen molar-refractivity contribution in [1.82, 2.24) is 9.88 Å². The summed E-state index contributed by atoms with van der Waals surface area (Å²) in [7, 11) is 1.55. The summed E-state index contributed by atoms with van der Waals surface area (Å²) in [6, 6.07) is 7.39. The minimum absolute atomic E-state index is 0.0719. The van der Waals surface area contributed by atoms with Crippen LogP contribution in [-0.4, -0.2) is 48.1 Å². The van der Waals surface area contributed by atoms with Crippen LogP contribution in [0.25, 0.3) is 10.9 Å². The van der Waals surface area contributed by atoms with Gasteiger partial charge in [0.2, 0.25) is 0 Å². The lowest BCUT2D eigenvalue weighted by Crippen LogP contribution is -2.36. The maximum Gasteiger partial charge on any atom is 0.263 e.